The summed E-state index contributed by atoms with van der Waals surface area (Å²) < 4.78 is 6.53. The maximum Gasteiger partial charge on any atom is 0.358 e. The number of fused-ring (bicyclic) bond motifs is 1. The van der Waals surface area contributed by atoms with Gasteiger partial charge in [-0.05, 0) is 69.2 Å². The Hall–Kier alpha value is -0.420. The van der Waals surface area contributed by atoms with Crippen LogP contribution in [0.1, 0.15) is 35.0 Å². The van der Waals surface area contributed by atoms with Gasteiger partial charge < -0.3 is 4.74 Å². The molecular weight excluding hydrogens is 338 g/mol. The standard InChI is InChI=1S/C11H11Br2NO2/c1-2-16-11(15)9-8(12)6-4-3-5-7(6)10(13)14-9/h2-5H2,1H3. The first-order valence-corrected chi connectivity index (χ1v) is 6.77. The Kier molecular flexibility index (Phi) is 3.64. The Morgan fingerprint density at radius 2 is 2.06 bits per heavy atom. The van der Waals surface area contributed by atoms with Crippen LogP contribution < -0.4 is 0 Å². The van der Waals surface area contributed by atoms with E-state index in [1.165, 1.54) is 11.1 Å². The van der Waals surface area contributed by atoms with Crippen molar-refractivity contribution in [2.75, 3.05) is 6.61 Å². The van der Waals surface area contributed by atoms with Crippen LogP contribution in [0, 0.1) is 0 Å². The fourth-order valence-corrected chi connectivity index (χ4v) is 3.21. The molecule has 1 heterocycles. The van der Waals surface area contributed by atoms with Crippen molar-refractivity contribution >= 4 is 37.8 Å². The number of nitrogens with zero attached hydrogens (tertiary/aromatic N) is 1. The molecule has 0 radical (unpaired) electrons. The van der Waals surface area contributed by atoms with Crippen molar-refractivity contribution in [2.45, 2.75) is 26.2 Å². The fourth-order valence-electron chi connectivity index (χ4n) is 1.91. The number of aromatic nitrogens is 1. The molecule has 3 nitrogen and oxygen atoms in total. The van der Waals surface area contributed by atoms with Crippen LogP contribution >= 0.6 is 31.9 Å². The van der Waals surface area contributed by atoms with E-state index in [2.05, 4.69) is 36.8 Å². The molecule has 1 aliphatic rings. The minimum absolute atomic E-state index is 0.363. The zero-order valence-corrected chi connectivity index (χ0v) is 12.0. The highest BCUT2D eigenvalue weighted by Crippen LogP contribution is 2.35. The summed E-state index contributed by atoms with van der Waals surface area (Å²) in [5, 5.41) is 0. The highest BCUT2D eigenvalue weighted by molar-refractivity contribution is 9.11. The van der Waals surface area contributed by atoms with Crippen LogP contribution in [0.25, 0.3) is 0 Å². The van der Waals surface area contributed by atoms with E-state index < -0.39 is 0 Å². The molecule has 0 aliphatic heterocycles. The number of carbonyl (C=O) groups excluding carboxylic acids is 1. The molecule has 0 N–H and O–H groups in total. The summed E-state index contributed by atoms with van der Waals surface area (Å²) in [6, 6.07) is 0. The third-order valence-electron chi connectivity index (χ3n) is 2.62. The van der Waals surface area contributed by atoms with Crippen molar-refractivity contribution in [2.24, 2.45) is 0 Å². The van der Waals surface area contributed by atoms with Crippen molar-refractivity contribution < 1.29 is 9.53 Å². The lowest BCUT2D eigenvalue weighted by Gasteiger charge is -2.09. The topological polar surface area (TPSA) is 39.2 Å². The predicted molar refractivity (Wildman–Crippen MR) is 67.6 cm³/mol. The van der Waals surface area contributed by atoms with Gasteiger partial charge in [0.25, 0.3) is 0 Å². The number of carbonyl (C=O) groups is 1. The van der Waals surface area contributed by atoms with Gasteiger partial charge in [-0.2, -0.15) is 0 Å². The second-order valence-corrected chi connectivity index (χ2v) is 5.14. The fraction of sp³-hybridized carbons (Fsp3) is 0.455. The molecule has 0 fully saturated rings. The number of hydrogen-bond acceptors (Lipinski definition) is 3. The van der Waals surface area contributed by atoms with Crippen molar-refractivity contribution in [3.8, 4) is 0 Å². The van der Waals surface area contributed by atoms with Gasteiger partial charge in [0.1, 0.15) is 4.60 Å². The molecule has 0 spiro atoms. The maximum atomic E-state index is 11.7. The van der Waals surface area contributed by atoms with Crippen LogP contribution in [0.2, 0.25) is 0 Å². The highest BCUT2D eigenvalue weighted by atomic mass is 79.9. The molecule has 0 saturated carbocycles. The van der Waals surface area contributed by atoms with Gasteiger partial charge in [0, 0.05) is 0 Å². The minimum Gasteiger partial charge on any atom is -0.461 e. The Bertz CT molecular complexity index is 446. The Labute approximate surface area is 111 Å². The average molecular weight is 349 g/mol. The average Bonchev–Trinajstić information content (AvgIpc) is 2.73. The summed E-state index contributed by atoms with van der Waals surface area (Å²) in [4.78, 5) is 15.9. The Morgan fingerprint density at radius 3 is 2.75 bits per heavy atom. The van der Waals surface area contributed by atoms with E-state index in [4.69, 9.17) is 4.74 Å². The molecule has 86 valence electrons. The van der Waals surface area contributed by atoms with Gasteiger partial charge in [0.05, 0.1) is 11.1 Å². The van der Waals surface area contributed by atoms with Crippen LogP contribution in [-0.2, 0) is 17.6 Å². The Morgan fingerprint density at radius 1 is 1.38 bits per heavy atom. The number of hydrogen-bond donors (Lipinski definition) is 0. The molecule has 2 rings (SSSR count). The van der Waals surface area contributed by atoms with Crippen LogP contribution in [0.4, 0.5) is 0 Å². The SMILES string of the molecule is CCOC(=O)c1nc(Br)c2c(c1Br)CCC2. The molecule has 0 amide bonds. The number of ether oxygens (including phenoxy) is 1. The number of halogens is 2. The molecule has 0 saturated heterocycles. The second kappa shape index (κ2) is 4.84. The summed E-state index contributed by atoms with van der Waals surface area (Å²) >= 11 is 6.86. The van der Waals surface area contributed by atoms with Gasteiger partial charge in [-0.3, -0.25) is 0 Å². The van der Waals surface area contributed by atoms with E-state index in [0.29, 0.717) is 12.3 Å². The molecule has 1 aromatic rings. The van der Waals surface area contributed by atoms with E-state index in [0.717, 1.165) is 28.3 Å². The second-order valence-electron chi connectivity index (χ2n) is 3.60. The predicted octanol–water partition coefficient (Wildman–Crippen LogP) is 3.27. The first-order valence-electron chi connectivity index (χ1n) is 5.19. The van der Waals surface area contributed by atoms with Crippen LogP contribution in [0.15, 0.2) is 9.08 Å². The summed E-state index contributed by atoms with van der Waals surface area (Å²) in [6.45, 7) is 2.15. The van der Waals surface area contributed by atoms with Gasteiger partial charge in [-0.1, -0.05) is 0 Å². The minimum atomic E-state index is -0.371. The molecular formula is C11H11Br2NO2. The molecule has 16 heavy (non-hydrogen) atoms. The van der Waals surface area contributed by atoms with E-state index in [1.54, 1.807) is 6.92 Å². The number of esters is 1. The number of pyridine rings is 1. The first kappa shape index (κ1) is 12.0. The Balaban J connectivity index is 2.48. The van der Waals surface area contributed by atoms with E-state index >= 15 is 0 Å². The van der Waals surface area contributed by atoms with Gasteiger partial charge in [-0.15, -0.1) is 0 Å². The maximum absolute atomic E-state index is 11.7. The van der Waals surface area contributed by atoms with Gasteiger partial charge in [0.2, 0.25) is 0 Å². The third-order valence-corrected chi connectivity index (χ3v) is 4.13. The highest BCUT2D eigenvalue weighted by Gasteiger charge is 2.24. The van der Waals surface area contributed by atoms with Gasteiger partial charge in [-0.25, -0.2) is 9.78 Å². The van der Waals surface area contributed by atoms with Crippen molar-refractivity contribution in [1.82, 2.24) is 4.98 Å². The lowest BCUT2D eigenvalue weighted by atomic mass is 10.1. The lowest BCUT2D eigenvalue weighted by Crippen LogP contribution is -2.10. The normalized spacial score (nSPS) is 13.7. The van der Waals surface area contributed by atoms with E-state index in [9.17, 15) is 4.79 Å². The van der Waals surface area contributed by atoms with Gasteiger partial charge in [0.15, 0.2) is 5.69 Å². The first-order chi connectivity index (χ1) is 7.65. The van der Waals surface area contributed by atoms with Crippen molar-refractivity contribution in [1.29, 1.82) is 0 Å². The lowest BCUT2D eigenvalue weighted by molar-refractivity contribution is 0.0518. The van der Waals surface area contributed by atoms with Crippen molar-refractivity contribution in [3.63, 3.8) is 0 Å². The zero-order valence-electron chi connectivity index (χ0n) is 8.85. The summed E-state index contributed by atoms with van der Waals surface area (Å²) in [7, 11) is 0. The molecule has 0 atom stereocenters. The molecule has 1 aromatic heterocycles. The quantitative estimate of drug-likeness (QED) is 0.608. The molecule has 1 aliphatic carbocycles. The summed E-state index contributed by atoms with van der Waals surface area (Å²) in [5.41, 5.74) is 2.76. The molecule has 0 unspecified atom stereocenters. The molecule has 0 bridgehead atoms. The molecule has 5 heteroatoms. The zero-order chi connectivity index (χ0) is 11.7. The number of rotatable bonds is 2. The smallest absolute Gasteiger partial charge is 0.358 e. The third kappa shape index (κ3) is 2.02. The van der Waals surface area contributed by atoms with Crippen LogP contribution in [0.5, 0.6) is 0 Å². The van der Waals surface area contributed by atoms with E-state index in [1.807, 2.05) is 0 Å². The van der Waals surface area contributed by atoms with Gasteiger partial charge >= 0.3 is 5.97 Å². The van der Waals surface area contributed by atoms with Crippen LogP contribution in [0.3, 0.4) is 0 Å². The van der Waals surface area contributed by atoms with E-state index in [-0.39, 0.29) is 5.97 Å². The monoisotopic (exact) mass is 347 g/mol. The summed E-state index contributed by atoms with van der Waals surface area (Å²) in [5.74, 6) is -0.371. The van der Waals surface area contributed by atoms with Crippen molar-refractivity contribution in [3.05, 3.63) is 25.9 Å². The largest absolute Gasteiger partial charge is 0.461 e. The summed E-state index contributed by atoms with van der Waals surface area (Å²) in [6.07, 6.45) is 3.12. The van der Waals surface area contributed by atoms with Crippen LogP contribution in [-0.4, -0.2) is 17.6 Å². The molecule has 0 aromatic carbocycles.